The second-order valence-electron chi connectivity index (χ2n) is 7.25. The summed E-state index contributed by atoms with van der Waals surface area (Å²) < 4.78 is 11.5. The van der Waals surface area contributed by atoms with Crippen molar-refractivity contribution in [2.24, 2.45) is 0 Å². The average molecular weight is 422 g/mol. The first kappa shape index (κ1) is 20.7. The van der Waals surface area contributed by atoms with E-state index in [1.165, 1.54) is 31.5 Å². The predicted octanol–water partition coefficient (Wildman–Crippen LogP) is 5.16. The summed E-state index contributed by atoms with van der Waals surface area (Å²) in [5.41, 5.74) is 2.13. The fourth-order valence-electron chi connectivity index (χ4n) is 3.36. The Bertz CT molecular complexity index is 919. The highest BCUT2D eigenvalue weighted by Gasteiger charge is 2.10. The second kappa shape index (κ2) is 11.0. The van der Waals surface area contributed by atoms with Crippen LogP contribution in [-0.4, -0.2) is 47.1 Å². The minimum Gasteiger partial charge on any atom is -0.493 e. The summed E-state index contributed by atoms with van der Waals surface area (Å²) in [5, 5.41) is 8.36. The smallest absolute Gasteiger partial charge is 0.247 e. The van der Waals surface area contributed by atoms with E-state index in [-0.39, 0.29) is 0 Å². The highest BCUT2D eigenvalue weighted by Crippen LogP contribution is 2.21. The van der Waals surface area contributed by atoms with E-state index >= 15 is 0 Å². The molecule has 1 aliphatic rings. The van der Waals surface area contributed by atoms with E-state index in [4.69, 9.17) is 9.15 Å². The Morgan fingerprint density at radius 1 is 1.00 bits per heavy atom. The van der Waals surface area contributed by atoms with Crippen molar-refractivity contribution in [1.82, 2.24) is 15.1 Å². The lowest BCUT2D eigenvalue weighted by atomic mass is 10.1. The van der Waals surface area contributed by atoms with Gasteiger partial charge in [0.05, 0.1) is 12.4 Å². The van der Waals surface area contributed by atoms with Crippen LogP contribution in [0.1, 0.15) is 24.3 Å². The van der Waals surface area contributed by atoms with Gasteiger partial charge in [-0.25, -0.2) is 0 Å². The van der Waals surface area contributed by atoms with Crippen molar-refractivity contribution in [3.8, 4) is 17.2 Å². The molecule has 0 aliphatic carbocycles. The number of likely N-dealkylation sites (tertiary alicyclic amines) is 1. The van der Waals surface area contributed by atoms with Gasteiger partial charge in [-0.1, -0.05) is 42.5 Å². The van der Waals surface area contributed by atoms with Crippen LogP contribution in [0.15, 0.2) is 65.1 Å². The fraction of sp³-hybridized carbons (Fsp3) is 0.333. The zero-order valence-corrected chi connectivity index (χ0v) is 17.9. The maximum atomic E-state index is 5.81. The third kappa shape index (κ3) is 6.21. The minimum absolute atomic E-state index is 0.568. The van der Waals surface area contributed by atoms with Crippen LogP contribution >= 0.6 is 11.8 Å². The maximum Gasteiger partial charge on any atom is 0.247 e. The molecule has 0 atom stereocenters. The van der Waals surface area contributed by atoms with E-state index in [0.717, 1.165) is 23.6 Å². The third-order valence-corrected chi connectivity index (χ3v) is 5.87. The van der Waals surface area contributed by atoms with E-state index in [1.54, 1.807) is 11.8 Å². The molecular formula is C24H27N3O2S. The van der Waals surface area contributed by atoms with Crippen LogP contribution in [-0.2, 0) is 5.75 Å². The largest absolute Gasteiger partial charge is 0.493 e. The fourth-order valence-corrected chi connectivity index (χ4v) is 4.00. The van der Waals surface area contributed by atoms with E-state index in [1.807, 2.05) is 42.5 Å². The minimum atomic E-state index is 0.568. The summed E-state index contributed by atoms with van der Waals surface area (Å²) in [6, 6.07) is 18.1. The Hall–Kier alpha value is -2.57. The van der Waals surface area contributed by atoms with E-state index in [9.17, 15) is 0 Å². The molecule has 0 unspecified atom stereocenters. The van der Waals surface area contributed by atoms with Crippen molar-refractivity contribution in [2.75, 3.05) is 32.0 Å². The van der Waals surface area contributed by atoms with Gasteiger partial charge in [0, 0.05) is 17.9 Å². The molecule has 3 aromatic rings. The van der Waals surface area contributed by atoms with Crippen molar-refractivity contribution in [3.05, 3.63) is 72.1 Å². The van der Waals surface area contributed by atoms with Gasteiger partial charge in [0.2, 0.25) is 11.8 Å². The molecule has 1 aromatic heterocycles. The molecule has 2 aromatic carbocycles. The lowest BCUT2D eigenvalue weighted by molar-refractivity contribution is 0.344. The molecule has 1 fully saturated rings. The maximum absolute atomic E-state index is 5.81. The van der Waals surface area contributed by atoms with Crippen LogP contribution in [0, 0.1) is 0 Å². The van der Waals surface area contributed by atoms with Gasteiger partial charge in [-0.15, -0.1) is 22.0 Å². The number of thioether (sulfide) groups is 1. The van der Waals surface area contributed by atoms with Crippen molar-refractivity contribution in [3.63, 3.8) is 0 Å². The molecule has 30 heavy (non-hydrogen) atoms. The first-order valence-electron chi connectivity index (χ1n) is 10.4. The zero-order chi connectivity index (χ0) is 20.4. The summed E-state index contributed by atoms with van der Waals surface area (Å²) >= 11 is 1.72. The van der Waals surface area contributed by atoms with Gasteiger partial charge in [0.25, 0.3) is 0 Å². The molecule has 1 saturated heterocycles. The van der Waals surface area contributed by atoms with Gasteiger partial charge in [-0.3, -0.25) is 4.90 Å². The number of hydrogen-bond donors (Lipinski definition) is 0. The van der Waals surface area contributed by atoms with Gasteiger partial charge in [-0.2, -0.15) is 0 Å². The van der Waals surface area contributed by atoms with Gasteiger partial charge in [-0.05, 0) is 55.8 Å². The Balaban J connectivity index is 1.20. The SMILES string of the molecule is C(=Cc1ccc(-c2nnc(CSCCOc3ccccc3)o2)cc1)CN1CCCC1. The number of benzene rings is 2. The van der Waals surface area contributed by atoms with Crippen molar-refractivity contribution < 1.29 is 9.15 Å². The molecule has 0 radical (unpaired) electrons. The Labute approximate surface area is 182 Å². The molecule has 0 saturated carbocycles. The van der Waals surface area contributed by atoms with Crippen molar-refractivity contribution >= 4 is 17.8 Å². The first-order valence-corrected chi connectivity index (χ1v) is 11.6. The molecule has 0 amide bonds. The van der Waals surface area contributed by atoms with Crippen LogP contribution in [0.25, 0.3) is 17.5 Å². The molecule has 4 rings (SSSR count). The average Bonchev–Trinajstić information content (AvgIpc) is 3.47. The highest BCUT2D eigenvalue weighted by molar-refractivity contribution is 7.98. The lowest BCUT2D eigenvalue weighted by Gasteiger charge is -2.10. The second-order valence-corrected chi connectivity index (χ2v) is 8.35. The van der Waals surface area contributed by atoms with Crippen LogP contribution in [0.3, 0.4) is 0 Å². The third-order valence-electron chi connectivity index (χ3n) is 4.96. The number of para-hydroxylation sites is 1. The quantitative estimate of drug-likeness (QED) is 0.422. The van der Waals surface area contributed by atoms with E-state index in [2.05, 4.69) is 39.4 Å². The molecule has 6 heteroatoms. The van der Waals surface area contributed by atoms with Crippen molar-refractivity contribution in [2.45, 2.75) is 18.6 Å². The normalized spacial score (nSPS) is 14.5. The lowest BCUT2D eigenvalue weighted by Crippen LogP contribution is -2.18. The molecular weight excluding hydrogens is 394 g/mol. The predicted molar refractivity (Wildman–Crippen MR) is 123 cm³/mol. The summed E-state index contributed by atoms with van der Waals surface area (Å²) in [5.74, 6) is 3.66. The Kier molecular flexibility index (Phi) is 7.58. The van der Waals surface area contributed by atoms with E-state index < -0.39 is 0 Å². The number of rotatable bonds is 10. The molecule has 1 aliphatic heterocycles. The summed E-state index contributed by atoms with van der Waals surface area (Å²) in [7, 11) is 0. The number of nitrogens with zero attached hydrogens (tertiary/aromatic N) is 3. The van der Waals surface area contributed by atoms with Crippen LogP contribution in [0.4, 0.5) is 0 Å². The van der Waals surface area contributed by atoms with E-state index in [0.29, 0.717) is 24.1 Å². The van der Waals surface area contributed by atoms with Gasteiger partial charge >= 0.3 is 0 Å². The monoisotopic (exact) mass is 421 g/mol. The summed E-state index contributed by atoms with van der Waals surface area (Å²) in [6.45, 7) is 4.13. The molecule has 0 bridgehead atoms. The summed E-state index contributed by atoms with van der Waals surface area (Å²) in [4.78, 5) is 2.48. The zero-order valence-electron chi connectivity index (χ0n) is 17.1. The molecule has 156 valence electrons. The van der Waals surface area contributed by atoms with Crippen molar-refractivity contribution in [1.29, 1.82) is 0 Å². The van der Waals surface area contributed by atoms with Gasteiger partial charge < -0.3 is 9.15 Å². The van der Waals surface area contributed by atoms with Gasteiger partial charge in [0.15, 0.2) is 0 Å². The van der Waals surface area contributed by atoms with Crippen LogP contribution in [0.5, 0.6) is 5.75 Å². The number of hydrogen-bond acceptors (Lipinski definition) is 6. The molecule has 0 spiro atoms. The summed E-state index contributed by atoms with van der Waals surface area (Å²) in [6.07, 6.45) is 7.07. The Morgan fingerprint density at radius 2 is 1.80 bits per heavy atom. The molecule has 5 nitrogen and oxygen atoms in total. The number of ether oxygens (including phenoxy) is 1. The van der Waals surface area contributed by atoms with Crippen LogP contribution in [0.2, 0.25) is 0 Å². The molecule has 0 N–H and O–H groups in total. The standard InChI is InChI=1S/C24H27N3O2S/c1-2-8-22(9-3-1)28-17-18-30-19-23-25-26-24(29-23)21-12-10-20(11-13-21)7-6-16-27-14-4-5-15-27/h1-3,6-13H,4-5,14-19H2. The highest BCUT2D eigenvalue weighted by atomic mass is 32.2. The first-order chi connectivity index (χ1) is 14.9. The van der Waals surface area contributed by atoms with Crippen LogP contribution < -0.4 is 4.74 Å². The number of aromatic nitrogens is 2. The van der Waals surface area contributed by atoms with Gasteiger partial charge in [0.1, 0.15) is 5.75 Å². The topological polar surface area (TPSA) is 51.4 Å². The Morgan fingerprint density at radius 3 is 2.60 bits per heavy atom. The molecule has 2 heterocycles.